The lowest BCUT2D eigenvalue weighted by atomic mass is 10.1. The van der Waals surface area contributed by atoms with E-state index in [1.807, 2.05) is 45.9 Å². The quantitative estimate of drug-likeness (QED) is 0.357. The van der Waals surface area contributed by atoms with Crippen molar-refractivity contribution in [2.45, 2.75) is 48.5 Å². The topological polar surface area (TPSA) is 16.4 Å². The maximum atomic E-state index is 5.86. The SMILES string of the molecule is CC.CC.CCN(CC)CC.c1ccc2cc3c(cc2c1)oc1ccccc13. The van der Waals surface area contributed by atoms with Gasteiger partial charge in [-0.2, -0.15) is 0 Å². The molecule has 0 N–H and O–H groups in total. The highest BCUT2D eigenvalue weighted by molar-refractivity contribution is 6.09. The van der Waals surface area contributed by atoms with Crippen LogP contribution in [0.15, 0.2) is 65.1 Å². The average molecular weight is 380 g/mol. The molecule has 0 saturated carbocycles. The molecule has 0 unspecified atom stereocenters. The molecular weight excluding hydrogens is 342 g/mol. The fourth-order valence-electron chi connectivity index (χ4n) is 3.08. The molecule has 0 aliphatic rings. The van der Waals surface area contributed by atoms with Gasteiger partial charge in [-0.25, -0.2) is 0 Å². The fourth-order valence-corrected chi connectivity index (χ4v) is 3.08. The van der Waals surface area contributed by atoms with Crippen molar-refractivity contribution in [2.24, 2.45) is 0 Å². The molecule has 0 amide bonds. The van der Waals surface area contributed by atoms with Crippen LogP contribution in [0.3, 0.4) is 0 Å². The van der Waals surface area contributed by atoms with E-state index in [1.54, 1.807) is 0 Å². The van der Waals surface area contributed by atoms with E-state index in [4.69, 9.17) is 4.42 Å². The molecule has 0 bridgehead atoms. The molecule has 2 heteroatoms. The Morgan fingerprint density at radius 3 is 1.64 bits per heavy atom. The number of para-hydroxylation sites is 1. The lowest BCUT2D eigenvalue weighted by Crippen LogP contribution is -2.21. The van der Waals surface area contributed by atoms with E-state index < -0.39 is 0 Å². The third-order valence-corrected chi connectivity index (χ3v) is 4.59. The molecule has 0 atom stereocenters. The van der Waals surface area contributed by atoms with Crippen LogP contribution in [-0.2, 0) is 0 Å². The lowest BCUT2D eigenvalue weighted by Gasteiger charge is -2.13. The van der Waals surface area contributed by atoms with E-state index in [-0.39, 0.29) is 0 Å². The summed E-state index contributed by atoms with van der Waals surface area (Å²) >= 11 is 0. The summed E-state index contributed by atoms with van der Waals surface area (Å²) < 4.78 is 5.86. The first-order valence-electron chi connectivity index (χ1n) is 10.8. The van der Waals surface area contributed by atoms with Crippen LogP contribution >= 0.6 is 0 Å². The van der Waals surface area contributed by atoms with E-state index in [9.17, 15) is 0 Å². The molecule has 0 spiro atoms. The largest absolute Gasteiger partial charge is 0.456 e. The van der Waals surface area contributed by atoms with Crippen LogP contribution in [0.4, 0.5) is 0 Å². The predicted molar refractivity (Wildman–Crippen MR) is 127 cm³/mol. The zero-order chi connectivity index (χ0) is 20.9. The Balaban J connectivity index is 0.000000305. The van der Waals surface area contributed by atoms with Gasteiger partial charge in [0.25, 0.3) is 0 Å². The summed E-state index contributed by atoms with van der Waals surface area (Å²) in [7, 11) is 0. The van der Waals surface area contributed by atoms with Crippen LogP contribution in [0.2, 0.25) is 0 Å². The van der Waals surface area contributed by atoms with Crippen molar-refractivity contribution in [3.63, 3.8) is 0 Å². The summed E-state index contributed by atoms with van der Waals surface area (Å²) in [6, 6.07) is 20.9. The highest BCUT2D eigenvalue weighted by Gasteiger charge is 2.06. The first-order valence-corrected chi connectivity index (χ1v) is 10.8. The zero-order valence-electron chi connectivity index (χ0n) is 18.8. The third kappa shape index (κ3) is 5.84. The molecule has 152 valence electrons. The minimum atomic E-state index is 0.956. The third-order valence-electron chi connectivity index (χ3n) is 4.59. The smallest absolute Gasteiger partial charge is 0.136 e. The van der Waals surface area contributed by atoms with Crippen molar-refractivity contribution in [1.82, 2.24) is 4.90 Å². The summed E-state index contributed by atoms with van der Waals surface area (Å²) in [5.41, 5.74) is 1.92. The van der Waals surface area contributed by atoms with Crippen LogP contribution < -0.4 is 0 Å². The van der Waals surface area contributed by atoms with Gasteiger partial charge in [0.1, 0.15) is 11.2 Å². The summed E-state index contributed by atoms with van der Waals surface area (Å²) in [5.74, 6) is 0. The molecule has 0 radical (unpaired) electrons. The Bertz CT molecular complexity index is 923. The fraction of sp³-hybridized carbons (Fsp3) is 0.385. The van der Waals surface area contributed by atoms with E-state index in [0.29, 0.717) is 0 Å². The van der Waals surface area contributed by atoms with E-state index in [2.05, 4.69) is 68.1 Å². The van der Waals surface area contributed by atoms with E-state index in [1.165, 1.54) is 41.2 Å². The molecule has 3 aromatic carbocycles. The van der Waals surface area contributed by atoms with E-state index in [0.717, 1.165) is 11.2 Å². The molecule has 2 nitrogen and oxygen atoms in total. The van der Waals surface area contributed by atoms with Crippen molar-refractivity contribution in [3.05, 3.63) is 60.7 Å². The number of hydrogen-bond acceptors (Lipinski definition) is 2. The van der Waals surface area contributed by atoms with Gasteiger partial charge in [-0.3, -0.25) is 0 Å². The van der Waals surface area contributed by atoms with Crippen LogP contribution in [0, 0.1) is 0 Å². The number of fused-ring (bicyclic) bond motifs is 4. The summed E-state index contributed by atoms with van der Waals surface area (Å²) in [6.45, 7) is 18.1. The van der Waals surface area contributed by atoms with Gasteiger partial charge in [0, 0.05) is 10.8 Å². The predicted octanol–water partition coefficient (Wildman–Crippen LogP) is 8.14. The second-order valence-corrected chi connectivity index (χ2v) is 5.91. The summed E-state index contributed by atoms with van der Waals surface area (Å²) in [5, 5.41) is 4.86. The lowest BCUT2D eigenvalue weighted by molar-refractivity contribution is 0.321. The van der Waals surface area contributed by atoms with Crippen molar-refractivity contribution in [2.75, 3.05) is 19.6 Å². The minimum Gasteiger partial charge on any atom is -0.456 e. The van der Waals surface area contributed by atoms with Gasteiger partial charge in [-0.15, -0.1) is 0 Å². The number of rotatable bonds is 3. The monoisotopic (exact) mass is 379 g/mol. The number of nitrogens with zero attached hydrogens (tertiary/aromatic N) is 1. The van der Waals surface area contributed by atoms with Crippen molar-refractivity contribution in [3.8, 4) is 0 Å². The van der Waals surface area contributed by atoms with Crippen LogP contribution in [0.5, 0.6) is 0 Å². The molecule has 0 aliphatic carbocycles. The second kappa shape index (κ2) is 13.0. The summed E-state index contributed by atoms with van der Waals surface area (Å²) in [6.07, 6.45) is 0. The van der Waals surface area contributed by atoms with Crippen molar-refractivity contribution >= 4 is 32.7 Å². The van der Waals surface area contributed by atoms with Gasteiger partial charge in [-0.1, -0.05) is 90.9 Å². The van der Waals surface area contributed by atoms with Gasteiger partial charge in [0.2, 0.25) is 0 Å². The standard InChI is InChI=1S/C16H10O.C6H15N.2C2H6/c1-2-6-12-10-16-14(9-11(12)5-1)13-7-3-4-8-15(13)17-16;1-4-7(5-2)6-3;2*1-2/h1-10H;4-6H2,1-3H3;2*1-2H3. The normalized spacial score (nSPS) is 10.0. The van der Waals surface area contributed by atoms with Crippen molar-refractivity contribution < 1.29 is 4.42 Å². The Morgan fingerprint density at radius 1 is 0.607 bits per heavy atom. The average Bonchev–Trinajstić information content (AvgIpc) is 3.14. The molecule has 0 saturated heterocycles. The number of furan rings is 1. The molecule has 1 heterocycles. The van der Waals surface area contributed by atoms with E-state index >= 15 is 0 Å². The Morgan fingerprint density at radius 2 is 1.11 bits per heavy atom. The molecular formula is C26H37NO. The molecule has 0 fully saturated rings. The highest BCUT2D eigenvalue weighted by atomic mass is 16.3. The molecule has 28 heavy (non-hydrogen) atoms. The van der Waals surface area contributed by atoms with Crippen LogP contribution in [0.1, 0.15) is 48.5 Å². The maximum Gasteiger partial charge on any atom is 0.136 e. The van der Waals surface area contributed by atoms with Gasteiger partial charge in [0.05, 0.1) is 0 Å². The second-order valence-electron chi connectivity index (χ2n) is 5.91. The first-order chi connectivity index (χ1) is 13.8. The summed E-state index contributed by atoms with van der Waals surface area (Å²) in [4.78, 5) is 2.38. The van der Waals surface area contributed by atoms with Crippen molar-refractivity contribution in [1.29, 1.82) is 0 Å². The molecule has 0 aliphatic heterocycles. The van der Waals surface area contributed by atoms with Gasteiger partial charge in [0.15, 0.2) is 0 Å². The molecule has 4 aromatic rings. The van der Waals surface area contributed by atoms with Crippen LogP contribution in [-0.4, -0.2) is 24.5 Å². The minimum absolute atomic E-state index is 0.956. The van der Waals surface area contributed by atoms with Gasteiger partial charge >= 0.3 is 0 Å². The zero-order valence-corrected chi connectivity index (χ0v) is 18.8. The maximum absolute atomic E-state index is 5.86. The first kappa shape index (κ1) is 23.7. The molecule has 4 rings (SSSR count). The number of hydrogen-bond donors (Lipinski definition) is 0. The van der Waals surface area contributed by atoms with Crippen LogP contribution in [0.25, 0.3) is 32.7 Å². The van der Waals surface area contributed by atoms with Gasteiger partial charge in [-0.05, 0) is 48.6 Å². The Kier molecular flexibility index (Phi) is 11.0. The molecule has 1 aromatic heterocycles. The van der Waals surface area contributed by atoms with Gasteiger partial charge < -0.3 is 9.32 Å². The number of benzene rings is 3. The Hall–Kier alpha value is -2.32. The highest BCUT2D eigenvalue weighted by Crippen LogP contribution is 2.31. The Labute approximate surface area is 171 Å².